The van der Waals surface area contributed by atoms with Crippen molar-refractivity contribution in [2.24, 2.45) is 0 Å². The first-order valence-electron chi connectivity index (χ1n) is 5.41. The van der Waals surface area contributed by atoms with Gasteiger partial charge in [-0.25, -0.2) is 4.79 Å². The van der Waals surface area contributed by atoms with Crippen LogP contribution in [0.3, 0.4) is 0 Å². The first kappa shape index (κ1) is 13.2. The van der Waals surface area contributed by atoms with E-state index in [1.165, 1.54) is 0 Å². The van der Waals surface area contributed by atoms with Crippen LogP contribution >= 0.6 is 12.2 Å². The molecule has 0 aromatic rings. The van der Waals surface area contributed by atoms with Crippen LogP contribution in [0, 0.1) is 0 Å². The molecule has 0 spiro atoms. The molecule has 4 nitrogen and oxygen atoms in total. The summed E-state index contributed by atoms with van der Waals surface area (Å²) in [6.45, 7) is 9.61. The monoisotopic (exact) mass is 244 g/mol. The second kappa shape index (κ2) is 4.20. The van der Waals surface area contributed by atoms with Gasteiger partial charge in [-0.2, -0.15) is 0 Å². The van der Waals surface area contributed by atoms with Crippen molar-refractivity contribution >= 4 is 23.3 Å². The lowest BCUT2D eigenvalue weighted by molar-refractivity contribution is 0.0517. The second-order valence-electron chi connectivity index (χ2n) is 5.78. The number of carbonyl (C=O) groups is 1. The van der Waals surface area contributed by atoms with E-state index < -0.39 is 11.7 Å². The van der Waals surface area contributed by atoms with E-state index >= 15 is 0 Å². The summed E-state index contributed by atoms with van der Waals surface area (Å²) in [5.74, 6) is 0. The van der Waals surface area contributed by atoms with Gasteiger partial charge in [-0.15, -0.1) is 0 Å². The van der Waals surface area contributed by atoms with Gasteiger partial charge in [-0.1, -0.05) is 12.2 Å². The SMILES string of the molecule is CC1(C)CC(NC(=O)OC(C)(C)C)C(=S)N1. The van der Waals surface area contributed by atoms with Crippen molar-refractivity contribution in [3.63, 3.8) is 0 Å². The van der Waals surface area contributed by atoms with Gasteiger partial charge in [0.05, 0.1) is 11.0 Å². The topological polar surface area (TPSA) is 50.4 Å². The third-order valence-electron chi connectivity index (χ3n) is 2.18. The van der Waals surface area contributed by atoms with Crippen molar-refractivity contribution in [3.8, 4) is 0 Å². The minimum atomic E-state index is -0.479. The summed E-state index contributed by atoms with van der Waals surface area (Å²) < 4.78 is 5.18. The van der Waals surface area contributed by atoms with Gasteiger partial charge in [0.15, 0.2) is 0 Å². The molecule has 1 heterocycles. The molecular weight excluding hydrogens is 224 g/mol. The maximum absolute atomic E-state index is 11.6. The van der Waals surface area contributed by atoms with Gasteiger partial charge in [0.1, 0.15) is 5.60 Å². The Labute approximate surface area is 102 Å². The summed E-state index contributed by atoms with van der Waals surface area (Å²) in [5, 5.41) is 5.95. The minimum absolute atomic E-state index is 0.0588. The van der Waals surface area contributed by atoms with Crippen molar-refractivity contribution in [1.29, 1.82) is 0 Å². The lowest BCUT2D eigenvalue weighted by atomic mass is 10.0. The molecule has 1 amide bonds. The number of alkyl carbamates (subject to hydrolysis) is 1. The molecule has 0 aliphatic carbocycles. The van der Waals surface area contributed by atoms with Crippen LogP contribution in [0.4, 0.5) is 4.79 Å². The number of rotatable bonds is 1. The third-order valence-corrected chi connectivity index (χ3v) is 2.57. The highest BCUT2D eigenvalue weighted by molar-refractivity contribution is 7.80. The molecular formula is C11H20N2O2S. The maximum atomic E-state index is 11.6. The molecule has 1 rings (SSSR count). The summed E-state index contributed by atoms with van der Waals surface area (Å²) in [7, 11) is 0. The van der Waals surface area contributed by atoms with Crippen molar-refractivity contribution < 1.29 is 9.53 Å². The predicted octanol–water partition coefficient (Wildman–Crippen LogP) is 1.98. The third kappa shape index (κ3) is 3.96. The molecule has 2 N–H and O–H groups in total. The van der Waals surface area contributed by atoms with Gasteiger partial charge in [0, 0.05) is 5.54 Å². The van der Waals surface area contributed by atoms with Crippen LogP contribution in [-0.2, 0) is 4.74 Å². The first-order chi connectivity index (χ1) is 7.09. The highest BCUT2D eigenvalue weighted by Crippen LogP contribution is 2.20. The first-order valence-corrected chi connectivity index (χ1v) is 5.81. The normalized spacial score (nSPS) is 23.8. The van der Waals surface area contributed by atoms with Crippen molar-refractivity contribution in [2.45, 2.75) is 58.2 Å². The number of carbonyl (C=O) groups excluding carboxylic acids is 1. The van der Waals surface area contributed by atoms with E-state index in [2.05, 4.69) is 24.5 Å². The molecule has 0 bridgehead atoms. The van der Waals surface area contributed by atoms with Crippen molar-refractivity contribution in [1.82, 2.24) is 10.6 Å². The Bertz CT molecular complexity index is 308. The molecule has 1 atom stereocenters. The molecule has 0 radical (unpaired) electrons. The van der Waals surface area contributed by atoms with Crippen LogP contribution < -0.4 is 10.6 Å². The molecule has 1 unspecified atom stereocenters. The molecule has 1 fully saturated rings. The Morgan fingerprint density at radius 3 is 2.50 bits per heavy atom. The van der Waals surface area contributed by atoms with Crippen molar-refractivity contribution in [3.05, 3.63) is 0 Å². The lowest BCUT2D eigenvalue weighted by Gasteiger charge is -2.21. The molecule has 5 heteroatoms. The van der Waals surface area contributed by atoms with Gasteiger partial charge in [0.2, 0.25) is 0 Å². The molecule has 0 aromatic carbocycles. The summed E-state index contributed by atoms with van der Waals surface area (Å²) in [5.41, 5.74) is -0.538. The van der Waals surface area contributed by atoms with E-state index in [1.54, 1.807) is 0 Å². The Balaban J connectivity index is 2.50. The van der Waals surface area contributed by atoms with E-state index in [-0.39, 0.29) is 11.6 Å². The van der Waals surface area contributed by atoms with E-state index in [1.807, 2.05) is 20.8 Å². The van der Waals surface area contributed by atoms with Gasteiger partial charge in [-0.05, 0) is 41.0 Å². The molecule has 16 heavy (non-hydrogen) atoms. The summed E-state index contributed by atoms with van der Waals surface area (Å²) >= 11 is 5.17. The number of ether oxygens (including phenoxy) is 1. The number of amides is 1. The quantitative estimate of drug-likeness (QED) is 0.693. The Kier molecular flexibility index (Phi) is 3.47. The summed E-state index contributed by atoms with van der Waals surface area (Å²) in [6.07, 6.45) is 0.366. The van der Waals surface area contributed by atoms with E-state index in [0.29, 0.717) is 4.99 Å². The Morgan fingerprint density at radius 2 is 2.12 bits per heavy atom. The average molecular weight is 244 g/mol. The Morgan fingerprint density at radius 1 is 1.56 bits per heavy atom. The van der Waals surface area contributed by atoms with E-state index in [0.717, 1.165) is 6.42 Å². The molecule has 1 aliphatic heterocycles. The zero-order chi connectivity index (χ0) is 12.6. The minimum Gasteiger partial charge on any atom is -0.444 e. The molecule has 92 valence electrons. The van der Waals surface area contributed by atoms with Gasteiger partial charge >= 0.3 is 6.09 Å². The zero-order valence-electron chi connectivity index (χ0n) is 10.5. The molecule has 1 saturated heterocycles. The molecule has 0 aromatic heterocycles. The number of hydrogen-bond donors (Lipinski definition) is 2. The Hall–Kier alpha value is -0.840. The second-order valence-corrected chi connectivity index (χ2v) is 6.22. The number of nitrogens with one attached hydrogen (secondary N) is 2. The van der Waals surface area contributed by atoms with Gasteiger partial charge < -0.3 is 15.4 Å². The maximum Gasteiger partial charge on any atom is 0.408 e. The van der Waals surface area contributed by atoms with Crippen LogP contribution in [0.2, 0.25) is 0 Å². The van der Waals surface area contributed by atoms with Crippen LogP contribution in [0.15, 0.2) is 0 Å². The fourth-order valence-corrected chi connectivity index (χ4v) is 2.06. The summed E-state index contributed by atoms with van der Waals surface area (Å²) in [4.78, 5) is 12.2. The predicted molar refractivity (Wildman–Crippen MR) is 67.6 cm³/mol. The fraction of sp³-hybridized carbons (Fsp3) is 0.818. The van der Waals surface area contributed by atoms with E-state index in [4.69, 9.17) is 17.0 Å². The van der Waals surface area contributed by atoms with Gasteiger partial charge in [-0.3, -0.25) is 0 Å². The average Bonchev–Trinajstić information content (AvgIpc) is 2.19. The number of hydrogen-bond acceptors (Lipinski definition) is 3. The number of thiocarbonyl (C=S) groups is 1. The lowest BCUT2D eigenvalue weighted by Crippen LogP contribution is -2.42. The summed E-state index contributed by atoms with van der Waals surface area (Å²) in [6, 6.07) is -0.125. The largest absolute Gasteiger partial charge is 0.444 e. The van der Waals surface area contributed by atoms with Crippen LogP contribution in [0.5, 0.6) is 0 Å². The van der Waals surface area contributed by atoms with E-state index in [9.17, 15) is 4.79 Å². The zero-order valence-corrected chi connectivity index (χ0v) is 11.3. The standard InChI is InChI=1S/C11H20N2O2S/c1-10(2,3)15-9(14)12-7-6-11(4,5)13-8(7)16/h7H,6H2,1-5H3,(H,12,14)(H,13,16). The van der Waals surface area contributed by atoms with Crippen molar-refractivity contribution in [2.75, 3.05) is 0 Å². The smallest absolute Gasteiger partial charge is 0.408 e. The highest BCUT2D eigenvalue weighted by atomic mass is 32.1. The van der Waals surface area contributed by atoms with Gasteiger partial charge in [0.25, 0.3) is 0 Å². The van der Waals surface area contributed by atoms with Crippen LogP contribution in [0.1, 0.15) is 41.0 Å². The van der Waals surface area contributed by atoms with Crippen LogP contribution in [0.25, 0.3) is 0 Å². The molecule has 0 saturated carbocycles. The highest BCUT2D eigenvalue weighted by Gasteiger charge is 2.36. The fourth-order valence-electron chi connectivity index (χ4n) is 1.64. The molecule has 1 aliphatic rings. The van der Waals surface area contributed by atoms with Crippen LogP contribution in [-0.4, -0.2) is 28.3 Å².